The highest BCUT2D eigenvalue weighted by Gasteiger charge is 2.35. The molecule has 1 saturated heterocycles. The summed E-state index contributed by atoms with van der Waals surface area (Å²) in [5, 5.41) is 0. The van der Waals surface area contributed by atoms with E-state index in [0.29, 0.717) is 11.7 Å². The van der Waals surface area contributed by atoms with Crippen LogP contribution in [0.2, 0.25) is 0 Å². The van der Waals surface area contributed by atoms with Crippen molar-refractivity contribution < 1.29 is 8.42 Å². The maximum absolute atomic E-state index is 12.3. The van der Waals surface area contributed by atoms with Crippen molar-refractivity contribution >= 4 is 27.2 Å². The van der Waals surface area contributed by atoms with E-state index in [1.54, 1.807) is 0 Å². The van der Waals surface area contributed by atoms with E-state index >= 15 is 0 Å². The molecule has 0 aromatic carbocycles. The molecule has 1 aliphatic heterocycles. The molecule has 6 nitrogen and oxygen atoms in total. The van der Waals surface area contributed by atoms with Gasteiger partial charge in [-0.2, -0.15) is 0 Å². The molecule has 1 saturated carbocycles. The minimum Gasteiger partial charge on any atom is -0.388 e. The Balaban J connectivity index is 1.67. The van der Waals surface area contributed by atoms with Gasteiger partial charge in [-0.3, -0.25) is 9.88 Å². The van der Waals surface area contributed by atoms with Crippen LogP contribution in [0.25, 0.3) is 0 Å². The molecule has 8 heteroatoms. The highest BCUT2D eigenvalue weighted by Crippen LogP contribution is 2.30. The van der Waals surface area contributed by atoms with Gasteiger partial charge in [0.2, 0.25) is 10.0 Å². The molecular weight excluding hydrogens is 308 g/mol. The van der Waals surface area contributed by atoms with Gasteiger partial charge in [0.05, 0.1) is 5.69 Å². The van der Waals surface area contributed by atoms with Crippen molar-refractivity contribution in [1.29, 1.82) is 0 Å². The van der Waals surface area contributed by atoms with Gasteiger partial charge in [-0.25, -0.2) is 13.1 Å². The predicted molar refractivity (Wildman–Crippen MR) is 83.4 cm³/mol. The number of thiocarbonyl (C=S) groups is 1. The van der Waals surface area contributed by atoms with Gasteiger partial charge in [0, 0.05) is 31.4 Å². The zero-order chi connectivity index (χ0) is 15.0. The SMILES string of the molecule is NC(=S)c1ccc(S(=O)(=O)NC2CCN(C3CC3)C2)cn1. The third-order valence-electron chi connectivity index (χ3n) is 3.90. The first-order valence-electron chi connectivity index (χ1n) is 6.98. The summed E-state index contributed by atoms with van der Waals surface area (Å²) in [7, 11) is -3.54. The van der Waals surface area contributed by atoms with Crippen LogP contribution in [0, 0.1) is 0 Å². The Morgan fingerprint density at radius 3 is 2.71 bits per heavy atom. The fourth-order valence-electron chi connectivity index (χ4n) is 2.63. The lowest BCUT2D eigenvalue weighted by atomic mass is 10.3. The fourth-order valence-corrected chi connectivity index (χ4v) is 3.95. The third-order valence-corrected chi connectivity index (χ3v) is 5.62. The average molecular weight is 326 g/mol. The van der Waals surface area contributed by atoms with Gasteiger partial charge >= 0.3 is 0 Å². The van der Waals surface area contributed by atoms with Gasteiger partial charge in [-0.05, 0) is 31.4 Å². The van der Waals surface area contributed by atoms with Gasteiger partial charge in [0.15, 0.2) is 0 Å². The van der Waals surface area contributed by atoms with E-state index in [2.05, 4.69) is 14.6 Å². The summed E-state index contributed by atoms with van der Waals surface area (Å²) < 4.78 is 27.4. The summed E-state index contributed by atoms with van der Waals surface area (Å²) in [4.78, 5) is 6.64. The molecule has 21 heavy (non-hydrogen) atoms. The normalized spacial score (nSPS) is 23.3. The molecular formula is C13H18N4O2S2. The van der Waals surface area contributed by atoms with Gasteiger partial charge in [-0.15, -0.1) is 0 Å². The van der Waals surface area contributed by atoms with Crippen LogP contribution in [0.1, 0.15) is 25.0 Å². The summed E-state index contributed by atoms with van der Waals surface area (Å²) in [6.07, 6.45) is 4.63. The molecule has 1 unspecified atom stereocenters. The van der Waals surface area contributed by atoms with E-state index in [0.717, 1.165) is 19.5 Å². The van der Waals surface area contributed by atoms with Crippen LogP contribution in [-0.4, -0.2) is 48.5 Å². The molecule has 3 rings (SSSR count). The van der Waals surface area contributed by atoms with Gasteiger partial charge in [-0.1, -0.05) is 12.2 Å². The number of pyridine rings is 1. The predicted octanol–water partition coefficient (Wildman–Crippen LogP) is 0.231. The molecule has 2 fully saturated rings. The Morgan fingerprint density at radius 1 is 1.38 bits per heavy atom. The maximum atomic E-state index is 12.3. The Hall–Kier alpha value is -1.09. The Kier molecular flexibility index (Phi) is 3.96. The molecule has 2 heterocycles. The molecule has 0 radical (unpaired) electrons. The standard InChI is InChI=1S/C13H18N4O2S2/c14-13(20)12-4-3-11(7-15-12)21(18,19)16-9-5-6-17(8-9)10-1-2-10/h3-4,7,9-10,16H,1-2,5-6,8H2,(H2,14,20). The van der Waals surface area contributed by atoms with Crippen molar-refractivity contribution in [3.05, 3.63) is 24.0 Å². The van der Waals surface area contributed by atoms with Crippen LogP contribution in [0.4, 0.5) is 0 Å². The molecule has 1 aliphatic carbocycles. The molecule has 1 aromatic heterocycles. The van der Waals surface area contributed by atoms with Crippen LogP contribution in [0.3, 0.4) is 0 Å². The van der Waals surface area contributed by atoms with E-state index in [1.807, 2.05) is 0 Å². The van der Waals surface area contributed by atoms with E-state index in [4.69, 9.17) is 18.0 Å². The quantitative estimate of drug-likeness (QED) is 0.753. The Bertz CT molecular complexity index is 641. The first-order chi connectivity index (χ1) is 9.95. The summed E-state index contributed by atoms with van der Waals surface area (Å²) in [6, 6.07) is 3.66. The molecule has 0 bridgehead atoms. The summed E-state index contributed by atoms with van der Waals surface area (Å²) in [5.41, 5.74) is 5.87. The number of nitrogens with two attached hydrogens (primary N) is 1. The van der Waals surface area contributed by atoms with Crippen molar-refractivity contribution in [2.24, 2.45) is 5.73 Å². The van der Waals surface area contributed by atoms with E-state index in [9.17, 15) is 8.42 Å². The van der Waals surface area contributed by atoms with Crippen molar-refractivity contribution in [3.63, 3.8) is 0 Å². The minimum absolute atomic E-state index is 0.0224. The summed E-state index contributed by atoms with van der Waals surface area (Å²) >= 11 is 4.80. The molecule has 1 atom stereocenters. The number of nitrogens with zero attached hydrogens (tertiary/aromatic N) is 2. The minimum atomic E-state index is -3.54. The maximum Gasteiger partial charge on any atom is 0.242 e. The third kappa shape index (κ3) is 3.39. The number of aromatic nitrogens is 1. The van der Waals surface area contributed by atoms with Gasteiger partial charge < -0.3 is 5.73 Å². The first kappa shape index (κ1) is 14.8. The number of nitrogens with one attached hydrogen (secondary N) is 1. The average Bonchev–Trinajstić information content (AvgIpc) is 3.20. The number of likely N-dealkylation sites (tertiary alicyclic amines) is 1. The van der Waals surface area contributed by atoms with Crippen LogP contribution in [0.15, 0.2) is 23.2 Å². The van der Waals surface area contributed by atoms with Crippen molar-refractivity contribution in [2.75, 3.05) is 13.1 Å². The van der Waals surface area contributed by atoms with Crippen LogP contribution in [0.5, 0.6) is 0 Å². The summed E-state index contributed by atoms with van der Waals surface area (Å²) in [5.74, 6) is 0. The topological polar surface area (TPSA) is 88.3 Å². The second-order valence-electron chi connectivity index (χ2n) is 5.58. The zero-order valence-electron chi connectivity index (χ0n) is 11.5. The lowest BCUT2D eigenvalue weighted by molar-refractivity contribution is 0.322. The zero-order valence-corrected chi connectivity index (χ0v) is 13.2. The van der Waals surface area contributed by atoms with E-state index in [-0.39, 0.29) is 15.9 Å². The van der Waals surface area contributed by atoms with Crippen LogP contribution >= 0.6 is 12.2 Å². The molecule has 3 N–H and O–H groups in total. The number of rotatable bonds is 5. The molecule has 2 aliphatic rings. The second kappa shape index (κ2) is 5.60. The lowest BCUT2D eigenvalue weighted by Crippen LogP contribution is -2.37. The van der Waals surface area contributed by atoms with Crippen molar-refractivity contribution in [2.45, 2.75) is 36.2 Å². The number of hydrogen-bond acceptors (Lipinski definition) is 5. The van der Waals surface area contributed by atoms with Gasteiger partial charge in [0.1, 0.15) is 9.88 Å². The molecule has 1 aromatic rings. The highest BCUT2D eigenvalue weighted by molar-refractivity contribution is 7.89. The van der Waals surface area contributed by atoms with Crippen LogP contribution in [-0.2, 0) is 10.0 Å². The fraction of sp³-hybridized carbons (Fsp3) is 0.538. The van der Waals surface area contributed by atoms with Gasteiger partial charge in [0.25, 0.3) is 0 Å². The summed E-state index contributed by atoms with van der Waals surface area (Å²) in [6.45, 7) is 1.76. The van der Waals surface area contributed by atoms with E-state index < -0.39 is 10.0 Å². The van der Waals surface area contributed by atoms with E-state index in [1.165, 1.54) is 31.2 Å². The monoisotopic (exact) mass is 326 g/mol. The van der Waals surface area contributed by atoms with Crippen LogP contribution < -0.4 is 10.5 Å². The molecule has 0 spiro atoms. The molecule has 114 valence electrons. The smallest absolute Gasteiger partial charge is 0.242 e. The van der Waals surface area contributed by atoms with Crippen molar-refractivity contribution in [3.8, 4) is 0 Å². The highest BCUT2D eigenvalue weighted by atomic mass is 32.2. The largest absolute Gasteiger partial charge is 0.388 e. The Labute approximate surface area is 129 Å². The Morgan fingerprint density at radius 2 is 2.14 bits per heavy atom. The first-order valence-corrected chi connectivity index (χ1v) is 8.87. The lowest BCUT2D eigenvalue weighted by Gasteiger charge is -2.16. The van der Waals surface area contributed by atoms with Crippen molar-refractivity contribution in [1.82, 2.24) is 14.6 Å². The molecule has 0 amide bonds. The number of sulfonamides is 1. The number of hydrogen-bond donors (Lipinski definition) is 2. The second-order valence-corrected chi connectivity index (χ2v) is 7.73.